The number of amides is 2. The number of halogens is 1. The second kappa shape index (κ2) is 21.1. The smallest absolute Gasteiger partial charge is 0.379 e. The number of hydrogen-bond acceptors (Lipinski definition) is 15. The van der Waals surface area contributed by atoms with E-state index in [1.165, 1.54) is 28.1 Å². The second-order valence-corrected chi connectivity index (χ2v) is 19.8. The molecule has 6 aromatic rings. The summed E-state index contributed by atoms with van der Waals surface area (Å²) in [6.45, 7) is 16.1. The Morgan fingerprint density at radius 2 is 1.65 bits per heavy atom. The van der Waals surface area contributed by atoms with Crippen molar-refractivity contribution in [3.63, 3.8) is 0 Å². The Bertz CT molecular complexity index is 2880. The van der Waals surface area contributed by atoms with Crippen LogP contribution in [0.5, 0.6) is 5.75 Å². The molecule has 2 amide bonds. The number of anilines is 2. The molecular weight excluding hydrogens is 923 g/mol. The maximum Gasteiger partial charge on any atom is 0.379 e. The van der Waals surface area contributed by atoms with Crippen molar-refractivity contribution < 1.29 is 46.1 Å². The number of carbonyl (C=O) groups excluding carboxylic acids is 2. The molecule has 10 atom stereocenters. The highest BCUT2D eigenvalue weighted by Crippen LogP contribution is 2.56. The van der Waals surface area contributed by atoms with E-state index in [2.05, 4.69) is 45.4 Å². The Labute approximate surface area is 390 Å². The van der Waals surface area contributed by atoms with E-state index in [1.54, 1.807) is 81.2 Å². The summed E-state index contributed by atoms with van der Waals surface area (Å²) in [6.07, 6.45) is -3.99. The molecule has 0 radical (unpaired) electrons. The van der Waals surface area contributed by atoms with Crippen molar-refractivity contribution in [2.45, 2.75) is 83.6 Å². The molecule has 10 unspecified atom stereocenters. The number of carbonyl (C=O) groups is 2. The van der Waals surface area contributed by atoms with Gasteiger partial charge >= 0.3 is 7.60 Å². The lowest BCUT2D eigenvalue weighted by Crippen LogP contribution is -2.32. The van der Waals surface area contributed by atoms with Crippen LogP contribution in [0.1, 0.15) is 63.4 Å². The lowest BCUT2D eigenvalue weighted by atomic mass is 9.99. The average Bonchev–Trinajstić information content (AvgIpc) is 4.10. The van der Waals surface area contributed by atoms with E-state index in [9.17, 15) is 14.4 Å². The number of rotatable bonds is 19. The van der Waals surface area contributed by atoms with E-state index in [0.29, 0.717) is 12.0 Å². The number of nitrogens with zero attached hydrogens (tertiary/aromatic N) is 8. The Hall–Kier alpha value is -6.04. The first-order chi connectivity index (χ1) is 32.8. The molecule has 24 heteroatoms. The molecule has 68 heavy (non-hydrogen) atoms. The molecule has 358 valence electrons. The summed E-state index contributed by atoms with van der Waals surface area (Å²) in [5, 5.41) is 5.37. The highest BCUT2D eigenvalue weighted by atomic mass is 31.2. The quantitative estimate of drug-likeness (QED) is 0.0410. The number of aromatic nitrogens is 8. The zero-order valence-electron chi connectivity index (χ0n) is 37.7. The van der Waals surface area contributed by atoms with Gasteiger partial charge in [-0.1, -0.05) is 64.1 Å². The van der Waals surface area contributed by atoms with Gasteiger partial charge in [-0.15, -0.1) is 0 Å². The molecule has 2 saturated heterocycles. The lowest BCUT2D eigenvalue weighted by Gasteiger charge is -2.29. The van der Waals surface area contributed by atoms with Crippen LogP contribution in [0.3, 0.4) is 0 Å². The molecule has 2 aliphatic rings. The van der Waals surface area contributed by atoms with Crippen LogP contribution in [0.15, 0.2) is 84.4 Å². The Morgan fingerprint density at radius 3 is 2.35 bits per heavy atom. The van der Waals surface area contributed by atoms with Crippen LogP contribution < -0.4 is 20.7 Å². The van der Waals surface area contributed by atoms with Gasteiger partial charge in [0.1, 0.15) is 30.9 Å². The van der Waals surface area contributed by atoms with Crippen molar-refractivity contribution in [2.75, 3.05) is 36.6 Å². The summed E-state index contributed by atoms with van der Waals surface area (Å²) in [6, 6.07) is 17.0. The van der Waals surface area contributed by atoms with Crippen LogP contribution in [0, 0.1) is 18.4 Å². The van der Waals surface area contributed by atoms with E-state index in [4.69, 9.17) is 34.1 Å². The molecule has 0 saturated carbocycles. The fourth-order valence-electron chi connectivity index (χ4n) is 7.95. The summed E-state index contributed by atoms with van der Waals surface area (Å²) in [5.74, 6) is -1.35. The van der Waals surface area contributed by atoms with Gasteiger partial charge in [0.2, 0.25) is 18.4 Å². The molecule has 6 heterocycles. The number of hydrogen-bond donors (Lipinski definition) is 3. The number of fused-ring (bicyclic) bond motifs is 2. The van der Waals surface area contributed by atoms with Crippen LogP contribution in [-0.4, -0.2) is 107 Å². The second-order valence-electron chi connectivity index (χ2n) is 16.4. The summed E-state index contributed by atoms with van der Waals surface area (Å²) < 4.78 is 73.3. The van der Waals surface area contributed by atoms with Crippen molar-refractivity contribution in [1.29, 1.82) is 0 Å². The first-order valence-corrected chi connectivity index (χ1v) is 25.3. The predicted octanol–water partition coefficient (Wildman–Crippen LogP) is 7.30. The molecule has 8 rings (SSSR count). The average molecular weight is 974 g/mol. The van der Waals surface area contributed by atoms with Crippen LogP contribution in [-0.2, 0) is 32.4 Å². The molecule has 0 spiro atoms. The minimum atomic E-state index is -4.29. The van der Waals surface area contributed by atoms with Crippen LogP contribution in [0.2, 0.25) is 0 Å². The summed E-state index contributed by atoms with van der Waals surface area (Å²) in [7, 11) is -6.02. The monoisotopic (exact) mass is 973 g/mol. The normalized spacial score (nSPS) is 23.9. The van der Waals surface area contributed by atoms with Crippen molar-refractivity contribution >= 4 is 61.9 Å². The van der Waals surface area contributed by atoms with Crippen molar-refractivity contribution in [2.24, 2.45) is 11.8 Å². The molecule has 2 aromatic carbocycles. The zero-order valence-corrected chi connectivity index (χ0v) is 39.5. The maximum absolute atomic E-state index is 17.1. The number of aromatic amines is 1. The molecule has 2 fully saturated rings. The predicted molar refractivity (Wildman–Crippen MR) is 248 cm³/mol. The molecule has 3 N–H and O–H groups in total. The number of para-hydroxylation sites is 1. The Balaban J connectivity index is 1.10. The van der Waals surface area contributed by atoms with Crippen LogP contribution >= 0.6 is 16.0 Å². The van der Waals surface area contributed by atoms with Gasteiger partial charge in [0.05, 0.1) is 31.0 Å². The van der Waals surface area contributed by atoms with E-state index in [0.717, 1.165) is 0 Å². The Morgan fingerprint density at radius 1 is 0.956 bits per heavy atom. The molecular formula is C44H50FN11O10P2. The number of alkyl halides is 1. The molecule has 0 aliphatic carbocycles. The van der Waals surface area contributed by atoms with Gasteiger partial charge in [-0.05, 0) is 37.1 Å². The van der Waals surface area contributed by atoms with E-state index in [1.807, 2.05) is 13.8 Å². The van der Waals surface area contributed by atoms with Gasteiger partial charge in [-0.3, -0.25) is 38.3 Å². The Kier molecular flexibility index (Phi) is 15.0. The number of benzene rings is 2. The minimum absolute atomic E-state index is 0.0229. The maximum atomic E-state index is 17.1. The van der Waals surface area contributed by atoms with Crippen molar-refractivity contribution in [3.05, 3.63) is 107 Å². The van der Waals surface area contributed by atoms with Gasteiger partial charge in [-0.25, -0.2) is 35.5 Å². The molecule has 2 aliphatic heterocycles. The highest BCUT2D eigenvalue weighted by molar-refractivity contribution is 7.54. The summed E-state index contributed by atoms with van der Waals surface area (Å²) >= 11 is 0. The third-order valence-corrected chi connectivity index (χ3v) is 14.4. The van der Waals surface area contributed by atoms with E-state index in [-0.39, 0.29) is 71.5 Å². The van der Waals surface area contributed by atoms with Gasteiger partial charge in [0.15, 0.2) is 55.1 Å². The third-order valence-electron chi connectivity index (χ3n) is 11.4. The number of imidazole rings is 2. The van der Waals surface area contributed by atoms with E-state index >= 15 is 8.96 Å². The zero-order chi connectivity index (χ0) is 48.1. The highest BCUT2D eigenvalue weighted by Gasteiger charge is 2.51. The standard InChI is InChI=1S/C44H50FN11O10P2/c1-7-29-26(4)34(43(62-29)56-24-50-33-38(56)52-44(54-41(33)59)53-39(57)25(2)3)66-68(60,65-28-16-12-9-13-17-28)21-18-30-35(64-67(6)61-20-19-46-5)31(45)42(63-30)55-23-49-32-36(47-22-48-37(32)55)51-40(58)27-14-10-8-11-15-27/h8-17,22-26,29-31,34-35,42-43H,7,18-21H2,1-4,6H3,(H,47,48,51,58)(H2,52,53,54,57,59). The first-order valence-electron chi connectivity index (χ1n) is 21.9. The first kappa shape index (κ1) is 48.4. The van der Waals surface area contributed by atoms with Gasteiger partial charge in [-0.2, -0.15) is 4.98 Å². The van der Waals surface area contributed by atoms with Crippen LogP contribution in [0.4, 0.5) is 16.2 Å². The number of nitrogens with one attached hydrogen (secondary N) is 3. The minimum Gasteiger partial charge on any atom is -0.424 e. The topological polar surface area (TPSA) is 242 Å². The molecule has 4 aromatic heterocycles. The molecule has 0 bridgehead atoms. The number of ether oxygens (including phenoxy) is 2. The van der Waals surface area contributed by atoms with Crippen LogP contribution in [0.25, 0.3) is 27.2 Å². The largest absolute Gasteiger partial charge is 0.424 e. The SMILES string of the molecule is [C-]#[N+]CCOP(C)OC1C(CCP(=O)(Oc2ccccc2)OC2C(C)C(CC)OC2n2cnc3c(=O)[nH]c(NC(=O)C(C)C)nc32)OC(n2cnc3c(NC(=O)c4ccccc4)ncnc32)C1F. The summed E-state index contributed by atoms with van der Waals surface area (Å²) in [5.41, 5.74) is 0.194. The fourth-order valence-corrected chi connectivity index (χ4v) is 10.9. The number of H-pyrrole nitrogens is 1. The lowest BCUT2D eigenvalue weighted by molar-refractivity contribution is -0.118. The summed E-state index contributed by atoms with van der Waals surface area (Å²) in [4.78, 5) is 66.6. The van der Waals surface area contributed by atoms with Gasteiger partial charge in [0.25, 0.3) is 11.5 Å². The van der Waals surface area contributed by atoms with Gasteiger partial charge < -0.3 is 33.2 Å². The molecule has 21 nitrogen and oxygen atoms in total. The van der Waals surface area contributed by atoms with Gasteiger partial charge in [0, 0.05) is 24.1 Å². The third kappa shape index (κ3) is 10.5. The van der Waals surface area contributed by atoms with E-state index < -0.39 is 82.3 Å². The van der Waals surface area contributed by atoms with Crippen molar-refractivity contribution in [3.8, 4) is 5.75 Å². The van der Waals surface area contributed by atoms with Crippen molar-refractivity contribution in [1.82, 2.24) is 39.0 Å². The fraction of sp³-hybridized carbons (Fsp3) is 0.432.